The maximum atomic E-state index is 12.9. The Morgan fingerprint density at radius 2 is 2.26 bits per heavy atom. The molecule has 1 fully saturated rings. The highest BCUT2D eigenvalue weighted by molar-refractivity contribution is 9.10. The Morgan fingerprint density at radius 3 is 2.84 bits per heavy atom. The van der Waals surface area contributed by atoms with E-state index in [-0.39, 0.29) is 12.4 Å². The Bertz CT molecular complexity index is 496. The van der Waals surface area contributed by atoms with E-state index < -0.39 is 30.8 Å². The van der Waals surface area contributed by atoms with Crippen molar-refractivity contribution in [1.82, 2.24) is 10.6 Å². The third-order valence-corrected chi connectivity index (χ3v) is 3.63. The van der Waals surface area contributed by atoms with Gasteiger partial charge in [0, 0.05) is 17.4 Å². The SMILES string of the molecule is O=C(NCc1ccc(F)cc1Br)C1CC(F)(F)CN1. The molecule has 2 rings (SSSR count). The lowest BCUT2D eigenvalue weighted by Crippen LogP contribution is -2.40. The van der Waals surface area contributed by atoms with Crippen LogP contribution in [0.2, 0.25) is 0 Å². The summed E-state index contributed by atoms with van der Waals surface area (Å²) < 4.78 is 39.3. The number of carbonyl (C=O) groups excluding carboxylic acids is 1. The van der Waals surface area contributed by atoms with Crippen molar-refractivity contribution in [3.63, 3.8) is 0 Å². The summed E-state index contributed by atoms with van der Waals surface area (Å²) in [7, 11) is 0. The molecule has 1 aromatic carbocycles. The number of benzene rings is 1. The monoisotopic (exact) mass is 336 g/mol. The fourth-order valence-electron chi connectivity index (χ4n) is 1.87. The Hall–Kier alpha value is -1.08. The molecule has 0 bridgehead atoms. The van der Waals surface area contributed by atoms with Crippen LogP contribution < -0.4 is 10.6 Å². The molecular formula is C12H12BrF3N2O. The average Bonchev–Trinajstić information content (AvgIpc) is 2.68. The molecule has 1 aromatic rings. The molecule has 0 aliphatic carbocycles. The summed E-state index contributed by atoms with van der Waals surface area (Å²) in [6.45, 7) is -0.325. The van der Waals surface area contributed by atoms with Crippen molar-refractivity contribution in [3.05, 3.63) is 34.1 Å². The van der Waals surface area contributed by atoms with Crippen LogP contribution in [-0.2, 0) is 11.3 Å². The van der Waals surface area contributed by atoms with Gasteiger partial charge in [-0.3, -0.25) is 10.1 Å². The van der Waals surface area contributed by atoms with Crippen molar-refractivity contribution < 1.29 is 18.0 Å². The predicted octanol–water partition coefficient (Wildman–Crippen LogP) is 2.20. The van der Waals surface area contributed by atoms with E-state index in [9.17, 15) is 18.0 Å². The minimum absolute atomic E-state index is 0.156. The third-order valence-electron chi connectivity index (χ3n) is 2.89. The summed E-state index contributed by atoms with van der Waals surface area (Å²) >= 11 is 3.17. The van der Waals surface area contributed by atoms with Crippen molar-refractivity contribution in [2.45, 2.75) is 24.9 Å². The first-order chi connectivity index (χ1) is 8.87. The fourth-order valence-corrected chi connectivity index (χ4v) is 2.36. The largest absolute Gasteiger partial charge is 0.351 e. The van der Waals surface area contributed by atoms with E-state index >= 15 is 0 Å². The second-order valence-electron chi connectivity index (χ2n) is 4.45. The minimum Gasteiger partial charge on any atom is -0.351 e. The van der Waals surface area contributed by atoms with E-state index in [1.807, 2.05) is 0 Å². The zero-order valence-corrected chi connectivity index (χ0v) is 11.4. The molecule has 1 saturated heterocycles. The van der Waals surface area contributed by atoms with Crippen molar-refractivity contribution in [3.8, 4) is 0 Å². The zero-order chi connectivity index (χ0) is 14.0. The molecular weight excluding hydrogens is 325 g/mol. The number of halogens is 4. The van der Waals surface area contributed by atoms with Gasteiger partial charge in [0.05, 0.1) is 12.6 Å². The molecule has 3 nitrogen and oxygen atoms in total. The summed E-state index contributed by atoms with van der Waals surface area (Å²) in [5, 5.41) is 5.02. The molecule has 19 heavy (non-hydrogen) atoms. The molecule has 0 aromatic heterocycles. The highest BCUT2D eigenvalue weighted by Crippen LogP contribution is 2.25. The highest BCUT2D eigenvalue weighted by atomic mass is 79.9. The van der Waals surface area contributed by atoms with Gasteiger partial charge in [-0.1, -0.05) is 22.0 Å². The van der Waals surface area contributed by atoms with Crippen molar-refractivity contribution in [1.29, 1.82) is 0 Å². The summed E-state index contributed by atoms with van der Waals surface area (Å²) in [5.41, 5.74) is 0.680. The number of nitrogens with one attached hydrogen (secondary N) is 2. The van der Waals surface area contributed by atoms with Gasteiger partial charge in [0.15, 0.2) is 0 Å². The third kappa shape index (κ3) is 3.70. The summed E-state index contributed by atoms with van der Waals surface area (Å²) in [6.07, 6.45) is -0.497. The Morgan fingerprint density at radius 1 is 1.53 bits per heavy atom. The second-order valence-corrected chi connectivity index (χ2v) is 5.30. The molecule has 7 heteroatoms. The predicted molar refractivity (Wildman–Crippen MR) is 67.3 cm³/mol. The lowest BCUT2D eigenvalue weighted by atomic mass is 10.1. The average molecular weight is 337 g/mol. The van der Waals surface area contributed by atoms with E-state index in [4.69, 9.17) is 0 Å². The minimum atomic E-state index is -2.83. The number of amides is 1. The molecule has 1 atom stereocenters. The van der Waals surface area contributed by atoms with Crippen molar-refractivity contribution >= 4 is 21.8 Å². The number of hydrogen-bond donors (Lipinski definition) is 2. The second kappa shape index (κ2) is 5.50. The van der Waals surface area contributed by atoms with Gasteiger partial charge in [-0.2, -0.15) is 0 Å². The summed E-state index contributed by atoms with van der Waals surface area (Å²) in [6, 6.07) is 3.20. The van der Waals surface area contributed by atoms with Gasteiger partial charge in [0.1, 0.15) is 5.82 Å². The number of hydrogen-bond acceptors (Lipinski definition) is 2. The van der Waals surface area contributed by atoms with Crippen LogP contribution in [0.1, 0.15) is 12.0 Å². The van der Waals surface area contributed by atoms with Crippen LogP contribution in [0.25, 0.3) is 0 Å². The summed E-state index contributed by atoms with van der Waals surface area (Å²) in [4.78, 5) is 11.7. The molecule has 0 saturated carbocycles. The fraction of sp³-hybridized carbons (Fsp3) is 0.417. The number of rotatable bonds is 3. The lowest BCUT2D eigenvalue weighted by molar-refractivity contribution is -0.123. The van der Waals surface area contributed by atoms with Crippen LogP contribution in [0, 0.1) is 5.82 Å². The van der Waals surface area contributed by atoms with Crippen LogP contribution in [0.15, 0.2) is 22.7 Å². The smallest absolute Gasteiger partial charge is 0.262 e. The molecule has 104 valence electrons. The van der Waals surface area contributed by atoms with Gasteiger partial charge < -0.3 is 5.32 Å². The molecule has 1 unspecified atom stereocenters. The molecule has 0 spiro atoms. The highest BCUT2D eigenvalue weighted by Gasteiger charge is 2.42. The van der Waals surface area contributed by atoms with E-state index in [0.29, 0.717) is 10.0 Å². The normalized spacial score (nSPS) is 21.4. The zero-order valence-electron chi connectivity index (χ0n) is 9.85. The van der Waals surface area contributed by atoms with Crippen LogP contribution >= 0.6 is 15.9 Å². The van der Waals surface area contributed by atoms with Gasteiger partial charge in [0.25, 0.3) is 5.92 Å². The Kier molecular flexibility index (Phi) is 4.15. The van der Waals surface area contributed by atoms with Gasteiger partial charge >= 0.3 is 0 Å². The molecule has 1 aliphatic heterocycles. The van der Waals surface area contributed by atoms with E-state index in [1.54, 1.807) is 0 Å². The van der Waals surface area contributed by atoms with Crippen molar-refractivity contribution in [2.24, 2.45) is 0 Å². The Labute approximate surface area is 116 Å². The maximum Gasteiger partial charge on any atom is 0.262 e. The van der Waals surface area contributed by atoms with E-state index in [2.05, 4.69) is 26.6 Å². The Balaban J connectivity index is 1.90. The number of carbonyl (C=O) groups is 1. The molecule has 0 radical (unpaired) electrons. The van der Waals surface area contributed by atoms with Gasteiger partial charge in [0.2, 0.25) is 5.91 Å². The van der Waals surface area contributed by atoms with E-state index in [1.165, 1.54) is 18.2 Å². The first-order valence-corrected chi connectivity index (χ1v) is 6.49. The van der Waals surface area contributed by atoms with Crippen LogP contribution in [0.5, 0.6) is 0 Å². The van der Waals surface area contributed by atoms with Gasteiger partial charge in [-0.25, -0.2) is 13.2 Å². The quantitative estimate of drug-likeness (QED) is 0.888. The van der Waals surface area contributed by atoms with Gasteiger partial charge in [-0.05, 0) is 17.7 Å². The standard InChI is InChI=1S/C12H12BrF3N2O/c13-9-3-8(14)2-1-7(9)5-17-11(19)10-4-12(15,16)6-18-10/h1-3,10,18H,4-6H2,(H,17,19). The van der Waals surface area contributed by atoms with Crippen LogP contribution in [-0.4, -0.2) is 24.4 Å². The maximum absolute atomic E-state index is 12.9. The topological polar surface area (TPSA) is 41.1 Å². The van der Waals surface area contributed by atoms with E-state index in [0.717, 1.165) is 0 Å². The molecule has 1 amide bonds. The first kappa shape index (κ1) is 14.3. The lowest BCUT2D eigenvalue weighted by Gasteiger charge is -2.12. The summed E-state index contributed by atoms with van der Waals surface area (Å²) in [5.74, 6) is -3.70. The number of alkyl halides is 2. The molecule has 1 heterocycles. The van der Waals surface area contributed by atoms with Crippen LogP contribution in [0.3, 0.4) is 0 Å². The first-order valence-electron chi connectivity index (χ1n) is 5.70. The van der Waals surface area contributed by atoms with Gasteiger partial charge in [-0.15, -0.1) is 0 Å². The molecule has 1 aliphatic rings. The van der Waals surface area contributed by atoms with Crippen LogP contribution in [0.4, 0.5) is 13.2 Å². The van der Waals surface area contributed by atoms with Crippen molar-refractivity contribution in [2.75, 3.05) is 6.54 Å². The molecule has 2 N–H and O–H groups in total.